The van der Waals surface area contributed by atoms with Gasteiger partial charge >= 0.3 is 4.87 Å². The van der Waals surface area contributed by atoms with E-state index in [-0.39, 0.29) is 32.8 Å². The van der Waals surface area contributed by atoms with Crippen LogP contribution in [-0.4, -0.2) is 18.8 Å². The van der Waals surface area contributed by atoms with Crippen molar-refractivity contribution in [2.75, 3.05) is 4.72 Å². The fourth-order valence-corrected chi connectivity index (χ4v) is 5.82. The summed E-state index contributed by atoms with van der Waals surface area (Å²) in [6, 6.07) is 17.5. The van der Waals surface area contributed by atoms with Gasteiger partial charge in [0.2, 0.25) is 0 Å². The van der Waals surface area contributed by atoms with E-state index < -0.39 is 10.0 Å². The Hall–Kier alpha value is -2.94. The van der Waals surface area contributed by atoms with Crippen LogP contribution in [0.4, 0.5) is 5.69 Å². The van der Waals surface area contributed by atoms with Gasteiger partial charge < -0.3 is 0 Å². The molecule has 1 heterocycles. The summed E-state index contributed by atoms with van der Waals surface area (Å²) >= 11 is 7.08. The first-order valence-corrected chi connectivity index (χ1v) is 12.4. The summed E-state index contributed by atoms with van der Waals surface area (Å²) in [6.45, 7) is 3.79. The SMILES string of the molecule is CC(C)n1c(=O)sc2cc(S(=O)(=O)Nc3ccc(Cl)cc3C(=O)c3ccccc3)ccc21. The Kier molecular flexibility index (Phi) is 5.94. The third-order valence-corrected chi connectivity index (χ3v) is 7.43. The molecule has 3 aromatic carbocycles. The molecule has 0 saturated heterocycles. The lowest BCUT2D eigenvalue weighted by Crippen LogP contribution is -2.16. The normalized spacial score (nSPS) is 11.8. The number of carbonyl (C=O) groups excluding carboxylic acids is 1. The van der Waals surface area contributed by atoms with Gasteiger partial charge in [0.25, 0.3) is 10.0 Å². The number of hydrogen-bond donors (Lipinski definition) is 1. The number of aromatic nitrogens is 1. The molecule has 32 heavy (non-hydrogen) atoms. The number of anilines is 1. The molecule has 164 valence electrons. The molecule has 0 spiro atoms. The molecule has 0 bridgehead atoms. The van der Waals surface area contributed by atoms with Crippen LogP contribution in [-0.2, 0) is 10.0 Å². The summed E-state index contributed by atoms with van der Waals surface area (Å²) in [5.41, 5.74) is 1.36. The van der Waals surface area contributed by atoms with Crippen molar-refractivity contribution >= 4 is 54.6 Å². The number of ketones is 1. The molecular weight excluding hydrogens is 468 g/mol. The molecule has 1 N–H and O–H groups in total. The molecule has 0 unspecified atom stereocenters. The van der Waals surface area contributed by atoms with Crippen LogP contribution in [0, 0.1) is 0 Å². The van der Waals surface area contributed by atoms with E-state index in [0.29, 0.717) is 20.8 Å². The quantitative estimate of drug-likeness (QED) is 0.373. The monoisotopic (exact) mass is 486 g/mol. The zero-order valence-corrected chi connectivity index (χ0v) is 19.6. The van der Waals surface area contributed by atoms with Crippen LogP contribution in [0.2, 0.25) is 5.02 Å². The third-order valence-electron chi connectivity index (χ3n) is 4.92. The summed E-state index contributed by atoms with van der Waals surface area (Å²) < 4.78 is 31.0. The molecule has 9 heteroatoms. The number of nitrogens with zero attached hydrogens (tertiary/aromatic N) is 1. The maximum atomic E-state index is 13.1. The topological polar surface area (TPSA) is 85.2 Å². The number of carbonyl (C=O) groups is 1. The Morgan fingerprint density at radius 1 is 1.03 bits per heavy atom. The molecule has 4 rings (SSSR count). The Bertz CT molecular complexity index is 1490. The van der Waals surface area contributed by atoms with Crippen LogP contribution >= 0.6 is 22.9 Å². The summed E-state index contributed by atoms with van der Waals surface area (Å²) in [5, 5.41) is 0.313. The molecule has 0 fully saturated rings. The fourth-order valence-electron chi connectivity index (χ4n) is 3.41. The zero-order valence-electron chi connectivity index (χ0n) is 17.2. The zero-order chi connectivity index (χ0) is 23.0. The van der Waals surface area contributed by atoms with Crippen LogP contribution in [0.3, 0.4) is 0 Å². The second-order valence-electron chi connectivity index (χ2n) is 7.45. The standard InChI is InChI=1S/C23H19ClN2O4S2/c1-14(2)26-20-11-9-17(13-21(20)31-23(26)28)32(29,30)25-19-10-8-16(24)12-18(19)22(27)15-6-4-3-5-7-15/h3-14,25H,1-2H3. The molecule has 0 radical (unpaired) electrons. The maximum Gasteiger partial charge on any atom is 0.308 e. The average Bonchev–Trinajstić information content (AvgIpc) is 3.10. The summed E-state index contributed by atoms with van der Waals surface area (Å²) in [6.07, 6.45) is 0. The number of hydrogen-bond acceptors (Lipinski definition) is 5. The molecule has 0 aliphatic rings. The van der Waals surface area contributed by atoms with E-state index in [2.05, 4.69) is 4.72 Å². The van der Waals surface area contributed by atoms with E-state index in [1.165, 1.54) is 30.3 Å². The van der Waals surface area contributed by atoms with Crippen LogP contribution in [0.25, 0.3) is 10.2 Å². The first kappa shape index (κ1) is 22.3. The van der Waals surface area contributed by atoms with E-state index in [1.54, 1.807) is 41.0 Å². The van der Waals surface area contributed by atoms with E-state index >= 15 is 0 Å². The highest BCUT2D eigenvalue weighted by molar-refractivity contribution is 7.92. The molecule has 6 nitrogen and oxygen atoms in total. The number of rotatable bonds is 6. The van der Waals surface area contributed by atoms with Crippen molar-refractivity contribution in [1.82, 2.24) is 4.57 Å². The van der Waals surface area contributed by atoms with Crippen LogP contribution < -0.4 is 9.60 Å². The van der Waals surface area contributed by atoms with Crippen molar-refractivity contribution in [3.8, 4) is 0 Å². The van der Waals surface area contributed by atoms with E-state index in [9.17, 15) is 18.0 Å². The predicted octanol–water partition coefficient (Wildman–Crippen LogP) is 5.33. The van der Waals surface area contributed by atoms with Gasteiger partial charge in [-0.1, -0.05) is 53.3 Å². The summed E-state index contributed by atoms with van der Waals surface area (Å²) in [5.74, 6) is -0.353. The maximum absolute atomic E-state index is 13.1. The van der Waals surface area contributed by atoms with Crippen LogP contribution in [0.5, 0.6) is 0 Å². The molecule has 0 amide bonds. The molecular formula is C23H19ClN2O4S2. The van der Waals surface area contributed by atoms with Gasteiger partial charge in [0.15, 0.2) is 5.78 Å². The van der Waals surface area contributed by atoms with Gasteiger partial charge in [0.1, 0.15) is 0 Å². The average molecular weight is 487 g/mol. The number of benzene rings is 3. The molecule has 0 aliphatic carbocycles. The second kappa shape index (κ2) is 8.54. The lowest BCUT2D eigenvalue weighted by molar-refractivity contribution is 0.103. The van der Waals surface area contributed by atoms with Crippen molar-refractivity contribution in [2.45, 2.75) is 24.8 Å². The Morgan fingerprint density at radius 2 is 1.75 bits per heavy atom. The third kappa shape index (κ3) is 4.21. The van der Waals surface area contributed by atoms with Gasteiger partial charge in [-0.3, -0.25) is 18.9 Å². The largest absolute Gasteiger partial charge is 0.308 e. The Morgan fingerprint density at radius 3 is 2.44 bits per heavy atom. The van der Waals surface area contributed by atoms with E-state index in [0.717, 1.165) is 11.3 Å². The van der Waals surface area contributed by atoms with E-state index in [1.807, 2.05) is 13.8 Å². The van der Waals surface area contributed by atoms with Gasteiger partial charge in [-0.15, -0.1) is 0 Å². The lowest BCUT2D eigenvalue weighted by atomic mass is 10.0. The highest BCUT2D eigenvalue weighted by Crippen LogP contribution is 2.28. The minimum atomic E-state index is -4.03. The van der Waals surface area contributed by atoms with Crippen LogP contribution in [0.15, 0.2) is 76.4 Å². The summed E-state index contributed by atoms with van der Waals surface area (Å²) in [7, 11) is -4.03. The molecule has 0 saturated carbocycles. The van der Waals surface area contributed by atoms with E-state index in [4.69, 9.17) is 11.6 Å². The number of fused-ring (bicyclic) bond motifs is 1. The van der Waals surface area contributed by atoms with Gasteiger partial charge in [-0.25, -0.2) is 8.42 Å². The highest BCUT2D eigenvalue weighted by Gasteiger charge is 2.21. The molecule has 4 aromatic rings. The first-order valence-electron chi connectivity index (χ1n) is 9.74. The van der Waals surface area contributed by atoms with Crippen molar-refractivity contribution in [3.63, 3.8) is 0 Å². The van der Waals surface area contributed by atoms with Gasteiger partial charge in [-0.05, 0) is 50.2 Å². The molecule has 1 aromatic heterocycles. The second-order valence-corrected chi connectivity index (χ2v) is 10.6. The first-order chi connectivity index (χ1) is 15.2. The fraction of sp³-hybridized carbons (Fsp3) is 0.130. The van der Waals surface area contributed by atoms with Crippen LogP contribution in [0.1, 0.15) is 35.8 Å². The van der Waals surface area contributed by atoms with Crippen molar-refractivity contribution < 1.29 is 13.2 Å². The number of nitrogens with one attached hydrogen (secondary N) is 1. The smallest absolute Gasteiger partial charge is 0.296 e. The van der Waals surface area contributed by atoms with Gasteiger partial charge in [0.05, 0.1) is 20.8 Å². The summed E-state index contributed by atoms with van der Waals surface area (Å²) in [4.78, 5) is 25.1. The van der Waals surface area contributed by atoms with Crippen molar-refractivity contribution in [1.29, 1.82) is 0 Å². The minimum absolute atomic E-state index is 0.00443. The number of sulfonamides is 1. The van der Waals surface area contributed by atoms with Gasteiger partial charge in [0, 0.05) is 22.2 Å². The van der Waals surface area contributed by atoms with Gasteiger partial charge in [-0.2, -0.15) is 0 Å². The number of thiazole rings is 1. The number of halogens is 1. The minimum Gasteiger partial charge on any atom is -0.296 e. The molecule has 0 aliphatic heterocycles. The van der Waals surface area contributed by atoms with Crippen molar-refractivity contribution in [3.05, 3.63) is 92.5 Å². The highest BCUT2D eigenvalue weighted by atomic mass is 35.5. The lowest BCUT2D eigenvalue weighted by Gasteiger charge is -2.13. The Labute approximate surface area is 194 Å². The predicted molar refractivity (Wildman–Crippen MR) is 129 cm³/mol. The van der Waals surface area contributed by atoms with Crippen molar-refractivity contribution in [2.24, 2.45) is 0 Å². The molecule has 0 atom stereocenters. The Balaban J connectivity index is 1.74.